The average Bonchev–Trinajstić information content (AvgIpc) is 3.19. The second-order valence-electron chi connectivity index (χ2n) is 6.77. The Labute approximate surface area is 156 Å². The lowest BCUT2D eigenvalue weighted by molar-refractivity contribution is 0.0680. The summed E-state index contributed by atoms with van der Waals surface area (Å²) < 4.78 is 17.6. The number of benzene rings is 2. The van der Waals surface area contributed by atoms with Crippen LogP contribution < -0.4 is 14.8 Å². The van der Waals surface area contributed by atoms with Gasteiger partial charge >= 0.3 is 0 Å². The fourth-order valence-electron chi connectivity index (χ4n) is 3.03. The summed E-state index contributed by atoms with van der Waals surface area (Å²) in [7, 11) is 0. The minimum atomic E-state index is 0.118. The van der Waals surface area contributed by atoms with Crippen LogP contribution in [0.15, 0.2) is 48.5 Å². The molecule has 1 fully saturated rings. The zero-order valence-corrected chi connectivity index (χ0v) is 15.7. The molecular weight excluding hydrogens is 326 g/mol. The van der Waals surface area contributed by atoms with Gasteiger partial charge in [-0.3, -0.25) is 0 Å². The third-order valence-corrected chi connectivity index (χ3v) is 4.67. The molecule has 1 aliphatic rings. The molecule has 0 aromatic heterocycles. The molecule has 0 radical (unpaired) electrons. The summed E-state index contributed by atoms with van der Waals surface area (Å²) in [5, 5.41) is 3.47. The fraction of sp³-hybridized carbons (Fsp3) is 0.455. The maximum Gasteiger partial charge on any atom is 0.122 e. The molecule has 2 atom stereocenters. The van der Waals surface area contributed by atoms with Gasteiger partial charge in [0, 0.05) is 18.4 Å². The predicted molar refractivity (Wildman–Crippen MR) is 105 cm³/mol. The summed E-state index contributed by atoms with van der Waals surface area (Å²) in [5.41, 5.74) is 2.21. The number of anilines is 1. The van der Waals surface area contributed by atoms with Gasteiger partial charge in [-0.05, 0) is 49.9 Å². The molecule has 0 saturated carbocycles. The molecule has 0 bridgehead atoms. The van der Waals surface area contributed by atoms with Crippen LogP contribution >= 0.6 is 0 Å². The SMILES string of the molecule is CCC(CNc1cccc(OCC2CCCO2)c1)Oc1ccccc1C. The Morgan fingerprint density at radius 2 is 2.08 bits per heavy atom. The van der Waals surface area contributed by atoms with Crippen molar-refractivity contribution in [2.24, 2.45) is 0 Å². The Balaban J connectivity index is 1.51. The third-order valence-electron chi connectivity index (χ3n) is 4.67. The first-order chi connectivity index (χ1) is 12.7. The standard InChI is InChI=1S/C22H29NO3/c1-3-19(26-22-12-5-4-8-17(22)2)15-23-18-9-6-10-20(14-18)25-16-21-11-7-13-24-21/h4-6,8-10,12,14,19,21,23H,3,7,11,13,15-16H2,1-2H3. The highest BCUT2D eigenvalue weighted by Crippen LogP contribution is 2.21. The van der Waals surface area contributed by atoms with Crippen LogP contribution in [0.5, 0.6) is 11.5 Å². The van der Waals surface area contributed by atoms with Gasteiger partial charge in [0.25, 0.3) is 0 Å². The van der Waals surface area contributed by atoms with Crippen molar-refractivity contribution in [1.82, 2.24) is 0 Å². The molecular formula is C22H29NO3. The lowest BCUT2D eigenvalue weighted by atomic mass is 10.2. The van der Waals surface area contributed by atoms with Gasteiger partial charge in [-0.15, -0.1) is 0 Å². The van der Waals surface area contributed by atoms with Crippen LogP contribution in [-0.2, 0) is 4.74 Å². The van der Waals surface area contributed by atoms with E-state index in [0.29, 0.717) is 6.61 Å². The predicted octanol–water partition coefficient (Wildman–Crippen LogP) is 4.82. The second-order valence-corrected chi connectivity index (χ2v) is 6.77. The number of aryl methyl sites for hydroxylation is 1. The first-order valence-corrected chi connectivity index (χ1v) is 9.55. The monoisotopic (exact) mass is 355 g/mol. The lowest BCUT2D eigenvalue weighted by Gasteiger charge is -2.20. The summed E-state index contributed by atoms with van der Waals surface area (Å²) in [6.45, 7) is 6.45. The lowest BCUT2D eigenvalue weighted by Crippen LogP contribution is -2.25. The van der Waals surface area contributed by atoms with Gasteiger partial charge < -0.3 is 19.5 Å². The maximum atomic E-state index is 6.15. The number of nitrogens with one attached hydrogen (secondary N) is 1. The summed E-state index contributed by atoms with van der Waals surface area (Å²) in [6.07, 6.45) is 3.52. The fourth-order valence-corrected chi connectivity index (χ4v) is 3.03. The molecule has 0 amide bonds. The van der Waals surface area contributed by atoms with Crippen molar-refractivity contribution >= 4 is 5.69 Å². The van der Waals surface area contributed by atoms with E-state index in [4.69, 9.17) is 14.2 Å². The topological polar surface area (TPSA) is 39.7 Å². The molecule has 4 nitrogen and oxygen atoms in total. The summed E-state index contributed by atoms with van der Waals surface area (Å²) >= 11 is 0. The molecule has 2 aromatic rings. The number of hydrogen-bond acceptors (Lipinski definition) is 4. The van der Waals surface area contributed by atoms with E-state index in [-0.39, 0.29) is 12.2 Å². The van der Waals surface area contributed by atoms with Crippen molar-refractivity contribution < 1.29 is 14.2 Å². The molecule has 1 heterocycles. The summed E-state index contributed by atoms with van der Waals surface area (Å²) in [4.78, 5) is 0. The van der Waals surface area contributed by atoms with E-state index >= 15 is 0 Å². The number of ether oxygens (including phenoxy) is 3. The number of rotatable bonds is 9. The molecule has 1 N–H and O–H groups in total. The molecule has 26 heavy (non-hydrogen) atoms. The first kappa shape index (κ1) is 18.6. The highest BCUT2D eigenvalue weighted by molar-refractivity contribution is 5.48. The summed E-state index contributed by atoms with van der Waals surface area (Å²) in [5.74, 6) is 1.83. The number of hydrogen-bond donors (Lipinski definition) is 1. The molecule has 2 aromatic carbocycles. The minimum absolute atomic E-state index is 0.118. The van der Waals surface area contributed by atoms with Crippen LogP contribution in [0.2, 0.25) is 0 Å². The molecule has 0 spiro atoms. The molecule has 2 unspecified atom stereocenters. The largest absolute Gasteiger partial charge is 0.491 e. The van der Waals surface area contributed by atoms with Crippen molar-refractivity contribution in [1.29, 1.82) is 0 Å². The Morgan fingerprint density at radius 1 is 1.19 bits per heavy atom. The van der Waals surface area contributed by atoms with Crippen LogP contribution in [0, 0.1) is 6.92 Å². The normalized spacial score (nSPS) is 17.7. The van der Waals surface area contributed by atoms with Gasteiger partial charge in [-0.1, -0.05) is 31.2 Å². The van der Waals surface area contributed by atoms with E-state index in [1.165, 1.54) is 0 Å². The van der Waals surface area contributed by atoms with Gasteiger partial charge in [0.2, 0.25) is 0 Å². The van der Waals surface area contributed by atoms with Crippen LogP contribution in [0.25, 0.3) is 0 Å². The zero-order valence-electron chi connectivity index (χ0n) is 15.7. The molecule has 1 saturated heterocycles. The van der Waals surface area contributed by atoms with Gasteiger partial charge in [0.15, 0.2) is 0 Å². The van der Waals surface area contributed by atoms with Gasteiger partial charge in [-0.2, -0.15) is 0 Å². The van der Waals surface area contributed by atoms with E-state index in [1.807, 2.05) is 36.4 Å². The van der Waals surface area contributed by atoms with Crippen molar-refractivity contribution in [3.05, 3.63) is 54.1 Å². The Hall–Kier alpha value is -2.20. The van der Waals surface area contributed by atoms with Crippen molar-refractivity contribution in [3.8, 4) is 11.5 Å². The molecule has 4 heteroatoms. The number of para-hydroxylation sites is 1. The van der Waals surface area contributed by atoms with Gasteiger partial charge in [-0.25, -0.2) is 0 Å². The van der Waals surface area contributed by atoms with Crippen LogP contribution in [-0.4, -0.2) is 32.0 Å². The molecule has 3 rings (SSSR count). The maximum absolute atomic E-state index is 6.15. The van der Waals surface area contributed by atoms with E-state index in [1.54, 1.807) is 0 Å². The molecule has 0 aliphatic carbocycles. The van der Waals surface area contributed by atoms with E-state index in [2.05, 4.69) is 31.3 Å². The van der Waals surface area contributed by atoms with E-state index in [0.717, 1.165) is 55.2 Å². The Morgan fingerprint density at radius 3 is 2.85 bits per heavy atom. The highest BCUT2D eigenvalue weighted by Gasteiger charge is 2.16. The molecule has 140 valence electrons. The van der Waals surface area contributed by atoms with E-state index in [9.17, 15) is 0 Å². The van der Waals surface area contributed by atoms with Crippen molar-refractivity contribution in [2.75, 3.05) is 25.1 Å². The first-order valence-electron chi connectivity index (χ1n) is 9.55. The zero-order chi connectivity index (χ0) is 18.2. The Bertz CT molecular complexity index is 683. The Kier molecular flexibility index (Phi) is 6.78. The average molecular weight is 355 g/mol. The second kappa shape index (κ2) is 9.48. The van der Waals surface area contributed by atoms with Crippen molar-refractivity contribution in [3.63, 3.8) is 0 Å². The van der Waals surface area contributed by atoms with Gasteiger partial charge in [0.05, 0.1) is 12.6 Å². The van der Waals surface area contributed by atoms with Crippen molar-refractivity contribution in [2.45, 2.75) is 45.3 Å². The quantitative estimate of drug-likeness (QED) is 0.700. The van der Waals surface area contributed by atoms with Crippen LogP contribution in [0.4, 0.5) is 5.69 Å². The van der Waals surface area contributed by atoms with Gasteiger partial charge in [0.1, 0.15) is 24.2 Å². The smallest absolute Gasteiger partial charge is 0.122 e. The summed E-state index contributed by atoms with van der Waals surface area (Å²) in [6, 6.07) is 16.2. The van der Waals surface area contributed by atoms with E-state index < -0.39 is 0 Å². The minimum Gasteiger partial charge on any atom is -0.491 e. The molecule has 1 aliphatic heterocycles. The highest BCUT2D eigenvalue weighted by atomic mass is 16.5. The van der Waals surface area contributed by atoms with Crippen LogP contribution in [0.3, 0.4) is 0 Å². The van der Waals surface area contributed by atoms with Crippen LogP contribution in [0.1, 0.15) is 31.7 Å². The third kappa shape index (κ3) is 5.40.